The van der Waals surface area contributed by atoms with Crippen molar-refractivity contribution in [3.63, 3.8) is 0 Å². The average molecular weight is 260 g/mol. The van der Waals surface area contributed by atoms with E-state index in [0.717, 1.165) is 21.9 Å². The van der Waals surface area contributed by atoms with Gasteiger partial charge in [-0.3, -0.25) is 4.79 Å². The maximum atomic E-state index is 10.5. The first-order valence-electron chi connectivity index (χ1n) is 5.42. The minimum atomic E-state index is -0.807. The molecule has 1 aromatic heterocycles. The third-order valence-corrected chi connectivity index (χ3v) is 3.33. The number of hydrogen-bond acceptors (Lipinski definition) is 4. The normalized spacial score (nSPS) is 10.2. The monoisotopic (exact) mass is 260 g/mol. The van der Waals surface area contributed by atoms with Crippen LogP contribution in [-0.4, -0.2) is 21.0 Å². The first kappa shape index (κ1) is 12.6. The Labute approximate surface area is 109 Å². The van der Waals surface area contributed by atoms with Gasteiger partial charge < -0.3 is 5.11 Å². The molecular formula is C13H12N2O2S. The summed E-state index contributed by atoms with van der Waals surface area (Å²) in [5.41, 5.74) is 1.96. The number of hydrogen-bond donors (Lipinski definition) is 1. The molecule has 0 spiro atoms. The molecule has 0 aliphatic heterocycles. The predicted octanol–water partition coefficient (Wildman–Crippen LogP) is 2.40. The topological polar surface area (TPSA) is 63.1 Å². The number of carboxylic acid groups (broad SMARTS) is 1. The number of thioether (sulfide) groups is 1. The van der Waals surface area contributed by atoms with E-state index in [1.54, 1.807) is 18.0 Å². The zero-order valence-corrected chi connectivity index (χ0v) is 10.4. The Morgan fingerprint density at radius 3 is 2.50 bits per heavy atom. The lowest BCUT2D eigenvalue weighted by atomic mass is 10.1. The lowest BCUT2D eigenvalue weighted by Crippen LogP contribution is -1.99. The number of carbonyl (C=O) groups is 1. The molecule has 0 amide bonds. The summed E-state index contributed by atoms with van der Waals surface area (Å²) in [7, 11) is 0. The van der Waals surface area contributed by atoms with Crippen LogP contribution in [0.4, 0.5) is 0 Å². The van der Waals surface area contributed by atoms with Crippen LogP contribution < -0.4 is 0 Å². The summed E-state index contributed by atoms with van der Waals surface area (Å²) in [5.74, 6) is 0.00258. The highest BCUT2D eigenvalue weighted by Gasteiger charge is 2.01. The van der Waals surface area contributed by atoms with Crippen LogP contribution in [0.2, 0.25) is 0 Å². The molecule has 5 heteroatoms. The molecular weight excluding hydrogens is 248 g/mol. The fourth-order valence-electron chi connectivity index (χ4n) is 1.45. The maximum absolute atomic E-state index is 10.5. The van der Waals surface area contributed by atoms with Crippen molar-refractivity contribution >= 4 is 17.7 Å². The molecule has 2 aromatic rings. The fraction of sp³-hybridized carbons (Fsp3) is 0.154. The van der Waals surface area contributed by atoms with Gasteiger partial charge in [-0.05, 0) is 17.2 Å². The summed E-state index contributed by atoms with van der Waals surface area (Å²) >= 11 is 1.63. The molecule has 0 radical (unpaired) electrons. The minimum Gasteiger partial charge on any atom is -0.481 e. The molecule has 0 bridgehead atoms. The van der Waals surface area contributed by atoms with Crippen LogP contribution in [0, 0.1) is 0 Å². The molecule has 0 unspecified atom stereocenters. The first-order chi connectivity index (χ1) is 8.74. The molecule has 0 atom stereocenters. The number of benzene rings is 1. The van der Waals surface area contributed by atoms with Crippen molar-refractivity contribution < 1.29 is 9.90 Å². The van der Waals surface area contributed by atoms with Crippen molar-refractivity contribution in [1.82, 2.24) is 9.97 Å². The highest BCUT2D eigenvalue weighted by molar-refractivity contribution is 7.98. The molecule has 92 valence electrons. The second-order valence-corrected chi connectivity index (χ2v) is 4.72. The Kier molecular flexibility index (Phi) is 4.30. The summed E-state index contributed by atoms with van der Waals surface area (Å²) in [4.78, 5) is 18.5. The minimum absolute atomic E-state index is 0.0688. The molecule has 2 rings (SSSR count). The van der Waals surface area contributed by atoms with Crippen LogP contribution in [-0.2, 0) is 17.0 Å². The van der Waals surface area contributed by atoms with Crippen LogP contribution in [0.15, 0.2) is 47.9 Å². The summed E-state index contributed by atoms with van der Waals surface area (Å²) in [6, 6.07) is 9.47. The Balaban J connectivity index is 1.92. The fourth-order valence-corrected chi connectivity index (χ4v) is 2.23. The van der Waals surface area contributed by atoms with E-state index < -0.39 is 5.97 Å². The molecule has 4 nitrogen and oxygen atoms in total. The number of rotatable bonds is 5. The molecule has 0 saturated carbocycles. The molecule has 1 N–H and O–H groups in total. The zero-order valence-electron chi connectivity index (χ0n) is 9.61. The first-order valence-corrected chi connectivity index (χ1v) is 6.41. The Morgan fingerprint density at radius 1 is 1.17 bits per heavy atom. The van der Waals surface area contributed by atoms with Crippen molar-refractivity contribution in [3.05, 3.63) is 54.0 Å². The summed E-state index contributed by atoms with van der Waals surface area (Å²) in [6.07, 6.45) is 3.31. The van der Waals surface area contributed by atoms with Gasteiger partial charge in [0, 0.05) is 11.9 Å². The van der Waals surface area contributed by atoms with E-state index in [-0.39, 0.29) is 6.42 Å². The molecule has 0 aliphatic carbocycles. The van der Waals surface area contributed by atoms with E-state index >= 15 is 0 Å². The van der Waals surface area contributed by atoms with Crippen LogP contribution >= 0.6 is 11.8 Å². The van der Waals surface area contributed by atoms with E-state index in [1.165, 1.54) is 6.33 Å². The standard InChI is InChI=1S/C13H12N2O2S/c16-13(17)7-10-1-3-11(4-2-10)8-18-12-5-6-14-9-15-12/h1-6,9H,7-8H2,(H,16,17). The van der Waals surface area contributed by atoms with Gasteiger partial charge in [0.2, 0.25) is 0 Å². The summed E-state index contributed by atoms with van der Waals surface area (Å²) < 4.78 is 0. The van der Waals surface area contributed by atoms with Crippen LogP contribution in [0.1, 0.15) is 11.1 Å². The number of aliphatic carboxylic acids is 1. The van der Waals surface area contributed by atoms with Gasteiger partial charge in [-0.2, -0.15) is 0 Å². The van der Waals surface area contributed by atoms with E-state index in [1.807, 2.05) is 30.3 Å². The average Bonchev–Trinajstić information content (AvgIpc) is 2.38. The van der Waals surface area contributed by atoms with Crippen molar-refractivity contribution in [2.45, 2.75) is 17.2 Å². The third-order valence-electron chi connectivity index (χ3n) is 2.32. The summed E-state index contributed by atoms with van der Waals surface area (Å²) in [5, 5.41) is 9.60. The zero-order chi connectivity index (χ0) is 12.8. The smallest absolute Gasteiger partial charge is 0.307 e. The second-order valence-electron chi connectivity index (χ2n) is 3.72. The van der Waals surface area contributed by atoms with Gasteiger partial charge in [0.1, 0.15) is 6.33 Å². The largest absolute Gasteiger partial charge is 0.481 e. The van der Waals surface area contributed by atoms with Crippen molar-refractivity contribution in [3.8, 4) is 0 Å². The van der Waals surface area contributed by atoms with Crippen molar-refractivity contribution in [2.75, 3.05) is 0 Å². The molecule has 1 aromatic carbocycles. The molecule has 0 saturated heterocycles. The van der Waals surface area contributed by atoms with Gasteiger partial charge in [-0.15, -0.1) is 11.8 Å². The highest BCUT2D eigenvalue weighted by atomic mass is 32.2. The van der Waals surface area contributed by atoms with Crippen LogP contribution in [0.3, 0.4) is 0 Å². The molecule has 18 heavy (non-hydrogen) atoms. The molecule has 1 heterocycles. The number of aromatic nitrogens is 2. The highest BCUT2D eigenvalue weighted by Crippen LogP contribution is 2.20. The number of carboxylic acids is 1. The van der Waals surface area contributed by atoms with Gasteiger partial charge in [-0.25, -0.2) is 9.97 Å². The predicted molar refractivity (Wildman–Crippen MR) is 69.4 cm³/mol. The quantitative estimate of drug-likeness (QED) is 0.660. The van der Waals surface area contributed by atoms with Gasteiger partial charge in [0.25, 0.3) is 0 Å². The van der Waals surface area contributed by atoms with Gasteiger partial charge in [0.15, 0.2) is 0 Å². The molecule has 0 fully saturated rings. The summed E-state index contributed by atoms with van der Waals surface area (Å²) in [6.45, 7) is 0. The van der Waals surface area contributed by atoms with Gasteiger partial charge in [-0.1, -0.05) is 24.3 Å². The lowest BCUT2D eigenvalue weighted by molar-refractivity contribution is -0.136. The Hall–Kier alpha value is -1.88. The Morgan fingerprint density at radius 2 is 1.89 bits per heavy atom. The Bertz CT molecular complexity index is 514. The molecule has 0 aliphatic rings. The second kappa shape index (κ2) is 6.16. The number of nitrogens with zero attached hydrogens (tertiary/aromatic N) is 2. The third kappa shape index (κ3) is 3.85. The van der Waals surface area contributed by atoms with E-state index in [2.05, 4.69) is 9.97 Å². The van der Waals surface area contributed by atoms with Gasteiger partial charge in [0.05, 0.1) is 11.4 Å². The van der Waals surface area contributed by atoms with Crippen LogP contribution in [0.25, 0.3) is 0 Å². The maximum Gasteiger partial charge on any atom is 0.307 e. The van der Waals surface area contributed by atoms with Crippen LogP contribution in [0.5, 0.6) is 0 Å². The van der Waals surface area contributed by atoms with E-state index in [0.29, 0.717) is 0 Å². The van der Waals surface area contributed by atoms with Gasteiger partial charge >= 0.3 is 5.97 Å². The van der Waals surface area contributed by atoms with E-state index in [4.69, 9.17) is 5.11 Å². The SMILES string of the molecule is O=C(O)Cc1ccc(CSc2ccncn2)cc1. The lowest BCUT2D eigenvalue weighted by Gasteiger charge is -2.02. The van der Waals surface area contributed by atoms with E-state index in [9.17, 15) is 4.79 Å². The van der Waals surface area contributed by atoms with Crippen molar-refractivity contribution in [2.24, 2.45) is 0 Å². The van der Waals surface area contributed by atoms with Crippen molar-refractivity contribution in [1.29, 1.82) is 0 Å².